The lowest BCUT2D eigenvalue weighted by Crippen LogP contribution is -2.35. The Labute approximate surface area is 311 Å². The van der Waals surface area contributed by atoms with Gasteiger partial charge in [-0.05, 0) is 61.9 Å². The number of ether oxygens (including phenoxy) is 2. The van der Waals surface area contributed by atoms with Gasteiger partial charge >= 0.3 is 6.18 Å². The van der Waals surface area contributed by atoms with E-state index < -0.39 is 23.9 Å². The van der Waals surface area contributed by atoms with Gasteiger partial charge in [-0.15, -0.1) is 0 Å². The topological polar surface area (TPSA) is 143 Å². The molecule has 11 nitrogen and oxygen atoms in total. The van der Waals surface area contributed by atoms with E-state index in [0.717, 1.165) is 34.7 Å². The maximum absolute atomic E-state index is 14.4. The van der Waals surface area contributed by atoms with E-state index in [1.807, 2.05) is 30.3 Å². The molecule has 0 radical (unpaired) electrons. The summed E-state index contributed by atoms with van der Waals surface area (Å²) in [6.07, 6.45) is -0.373. The van der Waals surface area contributed by atoms with Gasteiger partial charge in [0.05, 0.1) is 48.3 Å². The first-order valence-electron chi connectivity index (χ1n) is 17.6. The van der Waals surface area contributed by atoms with E-state index in [-0.39, 0.29) is 42.3 Å². The normalized spacial score (nSPS) is 17.6. The predicted molar refractivity (Wildman–Crippen MR) is 196 cm³/mol. The van der Waals surface area contributed by atoms with Crippen LogP contribution in [0.3, 0.4) is 0 Å². The van der Waals surface area contributed by atoms with Gasteiger partial charge < -0.3 is 35.8 Å². The van der Waals surface area contributed by atoms with E-state index in [1.54, 1.807) is 26.3 Å². The van der Waals surface area contributed by atoms with Gasteiger partial charge in [-0.25, -0.2) is 4.98 Å². The molecule has 53 heavy (non-hydrogen) atoms. The summed E-state index contributed by atoms with van der Waals surface area (Å²) in [5.41, 5.74) is 4.52. The van der Waals surface area contributed by atoms with Crippen molar-refractivity contribution in [2.24, 2.45) is 0 Å². The maximum Gasteiger partial charge on any atom is 0.419 e. The van der Waals surface area contributed by atoms with Crippen molar-refractivity contribution in [2.75, 3.05) is 32.6 Å². The number of alkyl halides is 3. The quantitative estimate of drug-likeness (QED) is 0.101. The smallest absolute Gasteiger partial charge is 0.419 e. The number of hydrogen-bond acceptors (Lipinski definition) is 10. The molecule has 2 aliphatic rings. The van der Waals surface area contributed by atoms with Crippen molar-refractivity contribution >= 4 is 23.3 Å². The van der Waals surface area contributed by atoms with E-state index in [9.17, 15) is 23.1 Å². The molecular formula is C38H43ClF3N7O4. The Bertz CT molecular complexity index is 1940. The van der Waals surface area contributed by atoms with Crippen LogP contribution in [0.25, 0.3) is 22.5 Å². The third-order valence-electron chi connectivity index (χ3n) is 9.48. The molecule has 1 saturated heterocycles. The van der Waals surface area contributed by atoms with Crippen LogP contribution in [0.15, 0.2) is 48.7 Å². The first-order valence-corrected chi connectivity index (χ1v) is 18.0. The van der Waals surface area contributed by atoms with Gasteiger partial charge in [0, 0.05) is 67.1 Å². The summed E-state index contributed by atoms with van der Waals surface area (Å²) in [6.45, 7) is 2.96. The number of nitrogens with zero attached hydrogens (tertiary/aromatic N) is 3. The van der Waals surface area contributed by atoms with Gasteiger partial charge in [0.1, 0.15) is 5.82 Å². The van der Waals surface area contributed by atoms with Crippen LogP contribution in [0.4, 0.5) is 19.0 Å². The number of nitrogens with one attached hydrogen (secondary N) is 4. The van der Waals surface area contributed by atoms with Crippen molar-refractivity contribution in [3.63, 3.8) is 0 Å². The number of amides is 1. The second kappa shape index (κ2) is 16.7. The zero-order valence-corrected chi connectivity index (χ0v) is 30.5. The first kappa shape index (κ1) is 38.2. The van der Waals surface area contributed by atoms with Crippen molar-refractivity contribution in [3.05, 3.63) is 81.5 Å². The highest BCUT2D eigenvalue weighted by Gasteiger charge is 2.37. The molecule has 1 amide bonds. The number of methoxy groups -OCH3 is 2. The van der Waals surface area contributed by atoms with Crippen molar-refractivity contribution in [1.29, 1.82) is 0 Å². The second-order valence-corrected chi connectivity index (χ2v) is 13.7. The lowest BCUT2D eigenvalue weighted by molar-refractivity contribution is -0.137. The Morgan fingerprint density at radius 1 is 1.00 bits per heavy atom. The van der Waals surface area contributed by atoms with Crippen molar-refractivity contribution in [2.45, 2.75) is 76.5 Å². The minimum atomic E-state index is -4.68. The molecular weight excluding hydrogens is 711 g/mol. The number of benzene rings is 1. The fraction of sp³-hybridized carbons (Fsp3) is 0.421. The predicted octanol–water partition coefficient (Wildman–Crippen LogP) is 6.22. The lowest BCUT2D eigenvalue weighted by Gasteiger charge is -2.30. The second-order valence-electron chi connectivity index (χ2n) is 13.3. The number of fused-ring (bicyclic) bond motifs is 1. The van der Waals surface area contributed by atoms with E-state index >= 15 is 0 Å². The SMILES string of the molecule is COc1nc(-c2ccnc(-c3cccc4c3CCC[C@@H]4Nc3nc(OC)c(CNC[C@@H](C)O)cc3C(F)(F)F)c2Cl)ccc1CNC[C@@H]1CCC(=O)N1. The maximum atomic E-state index is 14.4. The summed E-state index contributed by atoms with van der Waals surface area (Å²) in [6, 6.07) is 11.9. The monoisotopic (exact) mass is 753 g/mol. The van der Waals surface area contributed by atoms with Gasteiger partial charge in [-0.1, -0.05) is 35.9 Å². The zero-order chi connectivity index (χ0) is 37.7. The van der Waals surface area contributed by atoms with Crippen molar-refractivity contribution < 1.29 is 32.5 Å². The van der Waals surface area contributed by atoms with Gasteiger partial charge in [0.15, 0.2) is 0 Å². The van der Waals surface area contributed by atoms with E-state index in [2.05, 4.69) is 31.2 Å². The number of halogens is 4. The van der Waals surface area contributed by atoms with Crippen LogP contribution in [0.1, 0.15) is 66.5 Å². The average Bonchev–Trinajstić information content (AvgIpc) is 3.56. The summed E-state index contributed by atoms with van der Waals surface area (Å²) in [5, 5.41) is 22.3. The molecule has 0 bridgehead atoms. The van der Waals surface area contributed by atoms with Crippen LogP contribution in [0.5, 0.6) is 11.8 Å². The summed E-state index contributed by atoms with van der Waals surface area (Å²) in [4.78, 5) is 25.2. The molecule has 0 unspecified atom stereocenters. The summed E-state index contributed by atoms with van der Waals surface area (Å²) in [5.74, 6) is 0.252. The highest BCUT2D eigenvalue weighted by atomic mass is 35.5. The Morgan fingerprint density at radius 3 is 2.49 bits per heavy atom. The van der Waals surface area contributed by atoms with E-state index in [1.165, 1.54) is 7.11 Å². The fourth-order valence-electron chi connectivity index (χ4n) is 6.94. The number of anilines is 1. The molecule has 0 spiro atoms. The van der Waals surface area contributed by atoms with Gasteiger partial charge in [0.2, 0.25) is 17.7 Å². The molecule has 282 valence electrons. The lowest BCUT2D eigenvalue weighted by atomic mass is 9.83. The Hall–Kier alpha value is -4.50. The molecule has 15 heteroatoms. The number of carbonyl (C=O) groups excluding carboxylic acids is 1. The van der Waals surface area contributed by atoms with Crippen LogP contribution in [-0.4, -0.2) is 65.4 Å². The molecule has 5 N–H and O–H groups in total. The first-order chi connectivity index (χ1) is 25.5. The molecule has 1 fully saturated rings. The van der Waals surface area contributed by atoms with Gasteiger partial charge in [0.25, 0.3) is 0 Å². The van der Waals surface area contributed by atoms with Crippen LogP contribution >= 0.6 is 11.6 Å². The van der Waals surface area contributed by atoms with Crippen molar-refractivity contribution in [1.82, 2.24) is 30.9 Å². The van der Waals surface area contributed by atoms with Crippen LogP contribution in [0, 0.1) is 0 Å². The number of aliphatic hydroxyl groups is 1. The Morgan fingerprint density at radius 2 is 1.77 bits per heavy atom. The molecule has 3 atom stereocenters. The number of aliphatic hydroxyl groups excluding tert-OH is 1. The third kappa shape index (κ3) is 8.84. The van der Waals surface area contributed by atoms with E-state index in [4.69, 9.17) is 26.1 Å². The van der Waals surface area contributed by atoms with Crippen LogP contribution in [0.2, 0.25) is 5.02 Å². The average molecular weight is 754 g/mol. The molecule has 4 heterocycles. The fourth-order valence-corrected chi connectivity index (χ4v) is 7.25. The van der Waals surface area contributed by atoms with E-state index in [0.29, 0.717) is 66.6 Å². The van der Waals surface area contributed by atoms with Crippen LogP contribution < -0.4 is 30.7 Å². The number of pyridine rings is 3. The molecule has 1 aliphatic heterocycles. The number of aromatic nitrogens is 3. The minimum absolute atomic E-state index is 0.0406. The number of carbonyl (C=O) groups is 1. The standard InChI is InChI=1S/C38H43ClF3N7O4/c1-21(50)17-43-19-23-16-29(38(40,41)42)35(49-37(23)53-3)47-30-9-5-6-25-26(30)7-4-8-27(25)34-33(39)28(14-15-45-34)31-12-10-22(36(48-31)52-2)18-44-20-24-11-13-32(51)46-24/h4,7-8,10,12,14-16,21,24,30,43-44,50H,5-6,9,11,13,17-20H2,1-3H3,(H,46,51)(H,47,49)/t21-,24+,30+/m1/s1. The highest BCUT2D eigenvalue weighted by Crippen LogP contribution is 2.43. The van der Waals surface area contributed by atoms with Gasteiger partial charge in [-0.2, -0.15) is 18.2 Å². The Balaban J connectivity index is 1.27. The molecule has 0 saturated carbocycles. The molecule has 1 aliphatic carbocycles. The van der Waals surface area contributed by atoms with Crippen molar-refractivity contribution in [3.8, 4) is 34.3 Å². The third-order valence-corrected chi connectivity index (χ3v) is 9.86. The molecule has 4 aromatic rings. The largest absolute Gasteiger partial charge is 0.481 e. The minimum Gasteiger partial charge on any atom is -0.481 e. The number of rotatable bonds is 14. The summed E-state index contributed by atoms with van der Waals surface area (Å²) in [7, 11) is 2.92. The molecule has 3 aromatic heterocycles. The van der Waals surface area contributed by atoms with Crippen LogP contribution in [-0.2, 0) is 30.5 Å². The summed E-state index contributed by atoms with van der Waals surface area (Å²) < 4.78 is 54.3. The molecule has 6 rings (SSSR count). The highest BCUT2D eigenvalue weighted by molar-refractivity contribution is 6.35. The number of hydrogen-bond donors (Lipinski definition) is 5. The zero-order valence-electron chi connectivity index (χ0n) is 29.7. The Kier molecular flexibility index (Phi) is 12.0. The summed E-state index contributed by atoms with van der Waals surface area (Å²) >= 11 is 7.09. The molecule has 1 aromatic carbocycles. The van der Waals surface area contributed by atoms with Gasteiger partial charge in [-0.3, -0.25) is 9.78 Å².